The molecule has 0 heterocycles. The van der Waals surface area contributed by atoms with E-state index in [1.165, 1.54) is 38.5 Å². The molecule has 31 heavy (non-hydrogen) atoms. The molecule has 6 rings (SSSR count). The average Bonchev–Trinajstić information content (AvgIpc) is 2.71. The van der Waals surface area contributed by atoms with Crippen LogP contribution < -0.4 is 14.8 Å². The van der Waals surface area contributed by atoms with Crippen LogP contribution in [0.15, 0.2) is 34.8 Å². The Morgan fingerprint density at radius 2 is 1.71 bits per heavy atom. The van der Waals surface area contributed by atoms with Gasteiger partial charge < -0.3 is 14.8 Å². The lowest BCUT2D eigenvalue weighted by molar-refractivity contribution is -0.0207. The number of ether oxygens (including phenoxy) is 2. The van der Waals surface area contributed by atoms with Crippen molar-refractivity contribution in [3.63, 3.8) is 0 Å². The van der Waals surface area contributed by atoms with Gasteiger partial charge in [-0.25, -0.2) is 0 Å². The van der Waals surface area contributed by atoms with Crippen molar-refractivity contribution in [2.45, 2.75) is 57.2 Å². The Morgan fingerprint density at radius 3 is 2.32 bits per heavy atom. The van der Waals surface area contributed by atoms with Gasteiger partial charge in [-0.05, 0) is 80.5 Å². The number of halogens is 3. The summed E-state index contributed by atoms with van der Waals surface area (Å²) in [7, 11) is 1.68. The van der Waals surface area contributed by atoms with Crippen LogP contribution in [-0.2, 0) is 13.2 Å². The predicted octanol–water partition coefficient (Wildman–Crippen LogP) is 7.40. The summed E-state index contributed by atoms with van der Waals surface area (Å²) < 4.78 is 13.0. The van der Waals surface area contributed by atoms with E-state index in [-0.39, 0.29) is 5.54 Å². The largest absolute Gasteiger partial charge is 0.493 e. The van der Waals surface area contributed by atoms with Crippen LogP contribution in [0.4, 0.5) is 0 Å². The molecule has 2 aromatic carbocycles. The van der Waals surface area contributed by atoms with E-state index >= 15 is 0 Å². The van der Waals surface area contributed by atoms with Crippen LogP contribution in [0.5, 0.6) is 11.5 Å². The van der Waals surface area contributed by atoms with Crippen molar-refractivity contribution in [1.29, 1.82) is 0 Å². The molecule has 4 bridgehead atoms. The highest BCUT2D eigenvalue weighted by molar-refractivity contribution is 9.10. The monoisotopic (exact) mass is 523 g/mol. The molecule has 3 nitrogen and oxygen atoms in total. The Bertz CT molecular complexity index is 945. The van der Waals surface area contributed by atoms with E-state index in [1.807, 2.05) is 24.3 Å². The van der Waals surface area contributed by atoms with Crippen LogP contribution >= 0.6 is 39.1 Å². The summed E-state index contributed by atoms with van der Waals surface area (Å²) in [5.74, 6) is 4.23. The number of benzene rings is 2. The zero-order valence-electron chi connectivity index (χ0n) is 17.7. The van der Waals surface area contributed by atoms with Gasteiger partial charge in [0.15, 0.2) is 11.5 Å². The second-order valence-electron chi connectivity index (χ2n) is 9.63. The first kappa shape index (κ1) is 21.9. The van der Waals surface area contributed by atoms with Gasteiger partial charge in [-0.1, -0.05) is 45.2 Å². The molecule has 0 atom stereocenters. The molecule has 4 aliphatic rings. The number of nitrogens with one attached hydrogen (secondary N) is 1. The molecule has 0 saturated heterocycles. The molecule has 0 spiro atoms. The third kappa shape index (κ3) is 4.46. The Hall–Kier alpha value is -0.940. The Morgan fingerprint density at radius 1 is 1.03 bits per heavy atom. The summed E-state index contributed by atoms with van der Waals surface area (Å²) in [5.41, 5.74) is 2.28. The molecule has 4 saturated carbocycles. The molecular formula is C25H28BrCl2NO2. The highest BCUT2D eigenvalue weighted by atomic mass is 79.9. The fourth-order valence-corrected chi connectivity index (χ4v) is 7.37. The minimum atomic E-state index is 0.286. The van der Waals surface area contributed by atoms with Crippen molar-refractivity contribution in [2.24, 2.45) is 17.8 Å². The summed E-state index contributed by atoms with van der Waals surface area (Å²) in [6.07, 6.45) is 8.28. The molecular weight excluding hydrogens is 497 g/mol. The summed E-state index contributed by atoms with van der Waals surface area (Å²) in [6, 6.07) is 9.46. The van der Waals surface area contributed by atoms with Crippen LogP contribution in [0.25, 0.3) is 0 Å². The van der Waals surface area contributed by atoms with Gasteiger partial charge in [0.25, 0.3) is 0 Å². The first-order valence-electron chi connectivity index (χ1n) is 11.1. The SMILES string of the molecule is COc1ccc(Br)c(CNC23CC4CC(CC(C4)C2)C3)c1OCc1ccc(Cl)cc1Cl. The number of hydrogen-bond donors (Lipinski definition) is 1. The fourth-order valence-electron chi connectivity index (χ4n) is 6.46. The second-order valence-corrected chi connectivity index (χ2v) is 11.3. The van der Waals surface area contributed by atoms with E-state index < -0.39 is 0 Å². The van der Waals surface area contributed by atoms with E-state index in [4.69, 9.17) is 32.7 Å². The van der Waals surface area contributed by atoms with Crippen molar-refractivity contribution < 1.29 is 9.47 Å². The average molecular weight is 525 g/mol. The van der Waals surface area contributed by atoms with Crippen LogP contribution in [0.2, 0.25) is 10.0 Å². The van der Waals surface area contributed by atoms with E-state index in [2.05, 4.69) is 21.2 Å². The molecule has 4 fully saturated rings. The molecule has 0 unspecified atom stereocenters. The van der Waals surface area contributed by atoms with Crippen LogP contribution in [0.3, 0.4) is 0 Å². The summed E-state index contributed by atoms with van der Waals surface area (Å²) >= 11 is 16.2. The smallest absolute Gasteiger partial charge is 0.167 e. The summed E-state index contributed by atoms with van der Waals surface area (Å²) in [6.45, 7) is 1.11. The number of methoxy groups -OCH3 is 1. The molecule has 0 aromatic heterocycles. The quantitative estimate of drug-likeness (QED) is 0.409. The van der Waals surface area contributed by atoms with E-state index in [9.17, 15) is 0 Å². The molecule has 166 valence electrons. The lowest BCUT2D eigenvalue weighted by Crippen LogP contribution is -2.58. The van der Waals surface area contributed by atoms with Crippen LogP contribution in [0, 0.1) is 17.8 Å². The molecule has 0 amide bonds. The number of rotatable bonds is 7. The van der Waals surface area contributed by atoms with Gasteiger partial charge in [0.05, 0.1) is 7.11 Å². The Balaban J connectivity index is 1.37. The first-order chi connectivity index (χ1) is 14.9. The van der Waals surface area contributed by atoms with Crippen molar-refractivity contribution in [3.8, 4) is 11.5 Å². The minimum absolute atomic E-state index is 0.286. The van der Waals surface area contributed by atoms with Gasteiger partial charge in [0.2, 0.25) is 0 Å². The fraction of sp³-hybridized carbons (Fsp3) is 0.520. The van der Waals surface area contributed by atoms with E-state index in [0.717, 1.165) is 51.4 Å². The maximum absolute atomic E-state index is 6.36. The van der Waals surface area contributed by atoms with E-state index in [0.29, 0.717) is 16.7 Å². The summed E-state index contributed by atoms with van der Waals surface area (Å²) in [5, 5.41) is 5.21. The van der Waals surface area contributed by atoms with E-state index in [1.54, 1.807) is 13.2 Å². The van der Waals surface area contributed by atoms with Crippen LogP contribution in [0.1, 0.15) is 49.7 Å². The van der Waals surface area contributed by atoms with Gasteiger partial charge in [-0.2, -0.15) is 0 Å². The second kappa shape index (κ2) is 8.78. The third-order valence-electron chi connectivity index (χ3n) is 7.45. The molecule has 0 aliphatic heterocycles. The predicted molar refractivity (Wildman–Crippen MR) is 129 cm³/mol. The zero-order chi connectivity index (χ0) is 21.6. The maximum atomic E-state index is 6.36. The van der Waals surface area contributed by atoms with Crippen molar-refractivity contribution >= 4 is 39.1 Å². The lowest BCUT2D eigenvalue weighted by atomic mass is 9.53. The highest BCUT2D eigenvalue weighted by Crippen LogP contribution is 2.55. The number of hydrogen-bond acceptors (Lipinski definition) is 3. The molecule has 6 heteroatoms. The molecule has 4 aliphatic carbocycles. The zero-order valence-corrected chi connectivity index (χ0v) is 20.8. The molecule has 2 aromatic rings. The Kier molecular flexibility index (Phi) is 6.19. The van der Waals surface area contributed by atoms with Gasteiger partial charge in [-0.15, -0.1) is 0 Å². The minimum Gasteiger partial charge on any atom is -0.493 e. The molecule has 0 radical (unpaired) electrons. The Labute approximate surface area is 202 Å². The third-order valence-corrected chi connectivity index (χ3v) is 8.78. The highest BCUT2D eigenvalue weighted by Gasteiger charge is 2.50. The van der Waals surface area contributed by atoms with Gasteiger partial charge in [-0.3, -0.25) is 0 Å². The van der Waals surface area contributed by atoms with Crippen molar-refractivity contribution in [2.75, 3.05) is 7.11 Å². The maximum Gasteiger partial charge on any atom is 0.167 e. The molecule has 1 N–H and O–H groups in total. The van der Waals surface area contributed by atoms with Gasteiger partial charge in [0, 0.05) is 37.7 Å². The lowest BCUT2D eigenvalue weighted by Gasteiger charge is -2.57. The van der Waals surface area contributed by atoms with Gasteiger partial charge in [0.1, 0.15) is 6.61 Å². The normalized spacial score (nSPS) is 28.7. The van der Waals surface area contributed by atoms with Gasteiger partial charge >= 0.3 is 0 Å². The standard InChI is InChI=1S/C25H28BrCl2NO2/c1-30-23-5-4-21(26)20(24(23)31-14-18-2-3-19(27)9-22(18)28)13-29-25-10-15-6-16(11-25)8-17(7-15)12-25/h2-5,9,15-17,29H,6-8,10-14H2,1H3. The van der Waals surface area contributed by atoms with Crippen LogP contribution in [-0.4, -0.2) is 12.6 Å². The van der Waals surface area contributed by atoms with Crippen molar-refractivity contribution in [3.05, 3.63) is 56.0 Å². The van der Waals surface area contributed by atoms with Crippen molar-refractivity contribution in [1.82, 2.24) is 5.32 Å². The first-order valence-corrected chi connectivity index (χ1v) is 12.7. The summed E-state index contributed by atoms with van der Waals surface area (Å²) in [4.78, 5) is 0. The topological polar surface area (TPSA) is 30.5 Å².